The van der Waals surface area contributed by atoms with Gasteiger partial charge in [0.25, 0.3) is 0 Å². The minimum absolute atomic E-state index is 0.0270. The van der Waals surface area contributed by atoms with E-state index in [1.54, 1.807) is 0 Å². The number of hydrogen-bond donors (Lipinski definition) is 0. The van der Waals surface area contributed by atoms with E-state index in [1.165, 1.54) is 93.5 Å². The van der Waals surface area contributed by atoms with Gasteiger partial charge in [0.15, 0.2) is 0 Å². The largest absolute Gasteiger partial charge is 0.309 e. The lowest BCUT2D eigenvalue weighted by molar-refractivity contribution is 0.591. The van der Waals surface area contributed by atoms with Crippen molar-refractivity contribution in [1.29, 1.82) is 0 Å². The summed E-state index contributed by atoms with van der Waals surface area (Å²) in [5, 5.41) is 7.42. The van der Waals surface area contributed by atoms with Gasteiger partial charge in [-0.05, 0) is 165 Å². The highest BCUT2D eigenvalue weighted by Crippen LogP contribution is 2.53. The first-order chi connectivity index (χ1) is 36.0. The van der Waals surface area contributed by atoms with Crippen LogP contribution >= 0.6 is 0 Å². The Morgan fingerprint density at radius 1 is 0.297 bits per heavy atom. The fraction of sp³-hybridized carbons (Fsp3) is 0.111. The molecule has 0 saturated carbocycles. The number of nitrogens with zero attached hydrogens (tertiary/aromatic N) is 2. The highest BCUT2D eigenvalue weighted by atomic mass is 15.2. The summed E-state index contributed by atoms with van der Waals surface area (Å²) in [5.74, 6) is 0. The predicted octanol–water partition coefficient (Wildman–Crippen LogP) is 20.7. The van der Waals surface area contributed by atoms with E-state index in [0.29, 0.717) is 0 Å². The molecule has 12 aromatic carbocycles. The van der Waals surface area contributed by atoms with E-state index < -0.39 is 0 Å². The molecule has 0 N–H and O–H groups in total. The quantitative estimate of drug-likeness (QED) is 0.126. The lowest BCUT2D eigenvalue weighted by Gasteiger charge is -2.34. The molecule has 0 bridgehead atoms. The topological polar surface area (TPSA) is 6.48 Å². The lowest BCUT2D eigenvalue weighted by Crippen LogP contribution is -2.16. The molecule has 12 rings (SSSR count). The Hall–Kier alpha value is -8.72. The average Bonchev–Trinajstić information content (AvgIpc) is 3.43. The van der Waals surface area contributed by atoms with Gasteiger partial charge in [0.2, 0.25) is 0 Å². The zero-order valence-electron chi connectivity index (χ0n) is 43.4. The molecule has 0 aliphatic heterocycles. The van der Waals surface area contributed by atoms with Crippen LogP contribution in [0.25, 0.3) is 76.8 Å². The summed E-state index contributed by atoms with van der Waals surface area (Å²) in [6.07, 6.45) is 0. The van der Waals surface area contributed by atoms with Gasteiger partial charge in [-0.25, -0.2) is 0 Å². The normalized spacial score (nSPS) is 11.7. The molecule has 0 amide bonds. The zero-order valence-corrected chi connectivity index (χ0v) is 43.4. The fourth-order valence-electron chi connectivity index (χ4n) is 11.2. The molecule has 2 heteroatoms. The van der Waals surface area contributed by atoms with Crippen molar-refractivity contribution in [2.45, 2.75) is 53.9 Å². The zero-order chi connectivity index (χ0) is 50.7. The fourth-order valence-corrected chi connectivity index (χ4v) is 11.2. The van der Waals surface area contributed by atoms with Gasteiger partial charge in [-0.1, -0.05) is 214 Å². The van der Waals surface area contributed by atoms with Crippen molar-refractivity contribution < 1.29 is 0 Å². The molecule has 0 spiro atoms. The Bertz CT molecular complexity index is 3730. The molecule has 74 heavy (non-hydrogen) atoms. The molecular weight excluding hydrogens is 893 g/mol. The maximum absolute atomic E-state index is 2.56. The van der Waals surface area contributed by atoms with Gasteiger partial charge in [-0.15, -0.1) is 0 Å². The number of hydrogen-bond acceptors (Lipinski definition) is 2. The maximum Gasteiger partial charge on any atom is 0.0561 e. The standard InChI is InChI=1S/C72H60N2/c1-47-28-34-60(35-29-47)73(66-44-57(51-20-12-8-13-21-51)42-64(49(66)3)53-24-16-10-17-25-53)68-46-69(63-39-33-56-41-59(72(5,6)7)40-55-32-38-62(68)71(63)70(55)56)74(61-36-30-48(2)31-37-61)67-45-58(52-22-14-9-15-23-52)43-65(50(67)4)54-26-18-11-19-27-54/h8-46H,1-7H3. The predicted molar refractivity (Wildman–Crippen MR) is 319 cm³/mol. The molecule has 0 unspecified atom stereocenters. The SMILES string of the molecule is Cc1ccc(N(c2cc(-c3ccccc3)cc(-c3ccccc3)c2C)c2cc(N(c3ccc(C)cc3)c3cc(-c4ccccc4)cc(-c4ccccc4)c3C)c3ccc4cc(C(C)(C)C)cc5ccc2c3c54)cc1. The summed E-state index contributed by atoms with van der Waals surface area (Å²) in [4.78, 5) is 5.11. The average molecular weight is 953 g/mol. The minimum atomic E-state index is -0.0270. The Labute approximate surface area is 436 Å². The maximum atomic E-state index is 2.56. The van der Waals surface area contributed by atoms with Gasteiger partial charge in [-0.2, -0.15) is 0 Å². The first kappa shape index (κ1) is 46.4. The third-order valence-electron chi connectivity index (χ3n) is 15.2. The summed E-state index contributed by atoms with van der Waals surface area (Å²) < 4.78 is 0. The molecular formula is C72H60N2. The first-order valence-electron chi connectivity index (χ1n) is 26.0. The van der Waals surface area contributed by atoms with Crippen LogP contribution in [0.1, 0.15) is 48.6 Å². The van der Waals surface area contributed by atoms with Crippen molar-refractivity contribution in [2.75, 3.05) is 9.80 Å². The summed E-state index contributed by atoms with van der Waals surface area (Å²) in [7, 11) is 0. The van der Waals surface area contributed by atoms with Crippen LogP contribution in [-0.4, -0.2) is 0 Å². The van der Waals surface area contributed by atoms with Gasteiger partial charge < -0.3 is 9.80 Å². The van der Waals surface area contributed by atoms with Crippen LogP contribution < -0.4 is 9.80 Å². The molecule has 0 atom stereocenters. The highest BCUT2D eigenvalue weighted by Gasteiger charge is 2.29. The van der Waals surface area contributed by atoms with E-state index in [1.807, 2.05) is 0 Å². The second kappa shape index (κ2) is 18.7. The Morgan fingerprint density at radius 3 is 1.03 bits per heavy atom. The molecule has 0 aliphatic rings. The van der Waals surface area contributed by atoms with Gasteiger partial charge >= 0.3 is 0 Å². The Balaban J connectivity index is 1.25. The van der Waals surface area contributed by atoms with Crippen molar-refractivity contribution in [3.8, 4) is 44.5 Å². The molecule has 0 saturated heterocycles. The molecule has 2 nitrogen and oxygen atoms in total. The molecule has 0 radical (unpaired) electrons. The van der Waals surface area contributed by atoms with E-state index in [4.69, 9.17) is 0 Å². The monoisotopic (exact) mass is 952 g/mol. The molecule has 0 fully saturated rings. The van der Waals surface area contributed by atoms with Crippen molar-refractivity contribution in [2.24, 2.45) is 0 Å². The van der Waals surface area contributed by atoms with Crippen molar-refractivity contribution in [3.63, 3.8) is 0 Å². The van der Waals surface area contributed by atoms with Crippen LogP contribution in [0, 0.1) is 27.7 Å². The molecule has 0 aliphatic carbocycles. The smallest absolute Gasteiger partial charge is 0.0561 e. The summed E-state index contributed by atoms with van der Waals surface area (Å²) in [6, 6.07) is 88.2. The Morgan fingerprint density at radius 2 is 0.662 bits per heavy atom. The van der Waals surface area contributed by atoms with E-state index in [-0.39, 0.29) is 5.41 Å². The molecule has 358 valence electrons. The lowest BCUT2D eigenvalue weighted by atomic mass is 9.83. The third-order valence-corrected chi connectivity index (χ3v) is 15.2. The van der Waals surface area contributed by atoms with Gasteiger partial charge in [0.1, 0.15) is 0 Å². The number of anilines is 6. The Kier molecular flexibility index (Phi) is 11.7. The first-order valence-corrected chi connectivity index (χ1v) is 26.0. The van der Waals surface area contributed by atoms with Crippen LogP contribution in [0.4, 0.5) is 34.1 Å². The summed E-state index contributed by atoms with van der Waals surface area (Å²) in [5.41, 5.74) is 22.2. The van der Waals surface area contributed by atoms with Crippen LogP contribution in [0.2, 0.25) is 0 Å². The number of rotatable bonds is 10. The van der Waals surface area contributed by atoms with Gasteiger partial charge in [0, 0.05) is 27.5 Å². The second-order valence-corrected chi connectivity index (χ2v) is 21.2. The number of aryl methyl sites for hydroxylation is 2. The molecule has 0 heterocycles. The van der Waals surface area contributed by atoms with Crippen molar-refractivity contribution >= 4 is 66.4 Å². The molecule has 12 aromatic rings. The van der Waals surface area contributed by atoms with Crippen LogP contribution in [-0.2, 0) is 5.41 Å². The third kappa shape index (κ3) is 8.37. The van der Waals surface area contributed by atoms with Crippen LogP contribution in [0.15, 0.2) is 237 Å². The van der Waals surface area contributed by atoms with Gasteiger partial charge in [-0.3, -0.25) is 0 Å². The van der Waals surface area contributed by atoms with Gasteiger partial charge in [0.05, 0.1) is 22.7 Å². The van der Waals surface area contributed by atoms with Crippen molar-refractivity contribution in [3.05, 3.63) is 264 Å². The second-order valence-electron chi connectivity index (χ2n) is 21.2. The summed E-state index contributed by atoms with van der Waals surface area (Å²) >= 11 is 0. The van der Waals surface area contributed by atoms with Crippen molar-refractivity contribution in [1.82, 2.24) is 0 Å². The number of benzene rings is 12. The molecule has 0 aromatic heterocycles. The van der Waals surface area contributed by atoms with E-state index in [0.717, 1.165) is 45.3 Å². The van der Waals surface area contributed by atoms with Crippen LogP contribution in [0.5, 0.6) is 0 Å². The van der Waals surface area contributed by atoms with E-state index in [9.17, 15) is 0 Å². The summed E-state index contributed by atoms with van der Waals surface area (Å²) in [6.45, 7) is 15.9. The highest BCUT2D eigenvalue weighted by molar-refractivity contribution is 6.29. The van der Waals surface area contributed by atoms with E-state index in [2.05, 4.69) is 295 Å². The van der Waals surface area contributed by atoms with Crippen LogP contribution in [0.3, 0.4) is 0 Å². The van der Waals surface area contributed by atoms with E-state index >= 15 is 0 Å². The minimum Gasteiger partial charge on any atom is -0.309 e.